The third-order valence-electron chi connectivity index (χ3n) is 2.51. The molecule has 1 heterocycles. The third-order valence-corrected chi connectivity index (χ3v) is 3.01. The zero-order chi connectivity index (χ0) is 15.1. The van der Waals surface area contributed by atoms with Crippen LogP contribution in [0.25, 0.3) is 6.08 Å². The highest BCUT2D eigenvalue weighted by atomic mass is 79.9. The molecule has 0 saturated carbocycles. The van der Waals surface area contributed by atoms with Gasteiger partial charge in [-0.1, -0.05) is 28.1 Å². The molecule has 0 aliphatic carbocycles. The molecule has 2 rings (SSSR count). The Hall–Kier alpha value is -2.58. The van der Waals surface area contributed by atoms with E-state index >= 15 is 0 Å². The maximum absolute atomic E-state index is 12.0. The SMILES string of the molecule is N#CC(=CC=Cc1ccco1)C(=O)Nc1cccc(Br)c1. The lowest BCUT2D eigenvalue weighted by atomic mass is 10.2. The van der Waals surface area contributed by atoms with Crippen LogP contribution in [0.3, 0.4) is 0 Å². The Morgan fingerprint density at radius 1 is 1.33 bits per heavy atom. The second kappa shape index (κ2) is 7.27. The summed E-state index contributed by atoms with van der Waals surface area (Å²) in [6, 6.07) is 12.6. The first-order valence-corrected chi connectivity index (χ1v) is 6.87. The first-order valence-electron chi connectivity index (χ1n) is 6.08. The lowest BCUT2D eigenvalue weighted by molar-refractivity contribution is -0.112. The zero-order valence-corrected chi connectivity index (χ0v) is 12.5. The zero-order valence-electron chi connectivity index (χ0n) is 10.9. The van der Waals surface area contributed by atoms with Gasteiger partial charge >= 0.3 is 0 Å². The number of halogens is 1. The van der Waals surface area contributed by atoms with Crippen LogP contribution in [-0.2, 0) is 4.79 Å². The molecule has 1 aromatic carbocycles. The molecule has 0 aliphatic rings. The van der Waals surface area contributed by atoms with Crippen LogP contribution >= 0.6 is 15.9 Å². The molecule has 21 heavy (non-hydrogen) atoms. The molecule has 2 aromatic rings. The average molecular weight is 343 g/mol. The number of nitriles is 1. The summed E-state index contributed by atoms with van der Waals surface area (Å²) in [5.41, 5.74) is 0.628. The molecule has 0 atom stereocenters. The maximum atomic E-state index is 12.0. The monoisotopic (exact) mass is 342 g/mol. The van der Waals surface area contributed by atoms with Crippen molar-refractivity contribution in [1.29, 1.82) is 5.26 Å². The van der Waals surface area contributed by atoms with Gasteiger partial charge in [0.2, 0.25) is 0 Å². The van der Waals surface area contributed by atoms with Gasteiger partial charge in [-0.25, -0.2) is 0 Å². The van der Waals surface area contributed by atoms with Gasteiger partial charge in [-0.15, -0.1) is 0 Å². The number of furan rings is 1. The number of hydrogen-bond acceptors (Lipinski definition) is 3. The van der Waals surface area contributed by atoms with E-state index in [9.17, 15) is 4.79 Å². The molecule has 0 saturated heterocycles. The van der Waals surface area contributed by atoms with Crippen LogP contribution in [0.4, 0.5) is 5.69 Å². The number of carbonyl (C=O) groups is 1. The summed E-state index contributed by atoms with van der Waals surface area (Å²) in [7, 11) is 0. The van der Waals surface area contributed by atoms with Crippen molar-refractivity contribution in [3.8, 4) is 6.07 Å². The van der Waals surface area contributed by atoms with Gasteiger partial charge < -0.3 is 9.73 Å². The van der Waals surface area contributed by atoms with Crippen LogP contribution in [-0.4, -0.2) is 5.91 Å². The highest BCUT2D eigenvalue weighted by Gasteiger charge is 2.08. The fourth-order valence-corrected chi connectivity index (χ4v) is 1.95. The second-order valence-electron chi connectivity index (χ2n) is 4.03. The summed E-state index contributed by atoms with van der Waals surface area (Å²) in [5, 5.41) is 11.7. The molecular formula is C16H11BrN2O2. The average Bonchev–Trinajstić information content (AvgIpc) is 2.96. The van der Waals surface area contributed by atoms with E-state index in [1.54, 1.807) is 48.7 Å². The molecule has 0 fully saturated rings. The molecule has 1 amide bonds. The van der Waals surface area contributed by atoms with E-state index in [1.165, 1.54) is 6.08 Å². The molecule has 0 aliphatic heterocycles. The number of nitrogens with zero attached hydrogens (tertiary/aromatic N) is 1. The topological polar surface area (TPSA) is 66.0 Å². The van der Waals surface area contributed by atoms with Crippen LogP contribution in [0, 0.1) is 11.3 Å². The van der Waals surface area contributed by atoms with Gasteiger partial charge in [0.05, 0.1) is 6.26 Å². The molecule has 1 aromatic heterocycles. The Labute approximate surface area is 130 Å². The van der Waals surface area contributed by atoms with Gasteiger partial charge in [-0.3, -0.25) is 4.79 Å². The molecular weight excluding hydrogens is 332 g/mol. The van der Waals surface area contributed by atoms with E-state index < -0.39 is 5.91 Å². The molecule has 0 unspecified atom stereocenters. The fourth-order valence-electron chi connectivity index (χ4n) is 1.55. The largest absolute Gasteiger partial charge is 0.465 e. The molecule has 5 heteroatoms. The van der Waals surface area contributed by atoms with Crippen LogP contribution in [0.5, 0.6) is 0 Å². The van der Waals surface area contributed by atoms with Gasteiger partial charge in [0.1, 0.15) is 17.4 Å². The number of carbonyl (C=O) groups excluding carboxylic acids is 1. The predicted molar refractivity (Wildman–Crippen MR) is 84.2 cm³/mol. The molecule has 4 nitrogen and oxygen atoms in total. The number of nitrogens with one attached hydrogen (secondary N) is 1. The lowest BCUT2D eigenvalue weighted by Crippen LogP contribution is -2.13. The Balaban J connectivity index is 2.06. The predicted octanol–water partition coefficient (Wildman–Crippen LogP) is 4.14. The van der Waals surface area contributed by atoms with Crippen molar-refractivity contribution in [3.05, 3.63) is 70.6 Å². The smallest absolute Gasteiger partial charge is 0.266 e. The third kappa shape index (κ3) is 4.48. The number of anilines is 1. The Kier molecular flexibility index (Phi) is 5.13. The van der Waals surface area contributed by atoms with Crippen LogP contribution < -0.4 is 5.32 Å². The number of amides is 1. The minimum Gasteiger partial charge on any atom is -0.465 e. The van der Waals surface area contributed by atoms with Crippen LogP contribution in [0.1, 0.15) is 5.76 Å². The second-order valence-corrected chi connectivity index (χ2v) is 4.95. The van der Waals surface area contributed by atoms with E-state index in [-0.39, 0.29) is 5.57 Å². The number of benzene rings is 1. The standard InChI is InChI=1S/C16H11BrN2O2/c17-13-5-2-6-14(10-13)19-16(20)12(11-18)4-1-7-15-8-3-9-21-15/h1-10H,(H,19,20). The first kappa shape index (κ1) is 14.8. The number of rotatable bonds is 4. The summed E-state index contributed by atoms with van der Waals surface area (Å²) in [6.07, 6.45) is 6.26. The van der Waals surface area contributed by atoms with Crippen molar-refractivity contribution in [1.82, 2.24) is 0 Å². The summed E-state index contributed by atoms with van der Waals surface area (Å²) in [5.74, 6) is 0.190. The number of hydrogen-bond donors (Lipinski definition) is 1. The maximum Gasteiger partial charge on any atom is 0.266 e. The van der Waals surface area contributed by atoms with E-state index in [4.69, 9.17) is 9.68 Å². The molecule has 0 spiro atoms. The van der Waals surface area contributed by atoms with Crippen molar-refractivity contribution in [2.75, 3.05) is 5.32 Å². The van der Waals surface area contributed by atoms with Gasteiger partial charge in [0, 0.05) is 10.2 Å². The van der Waals surface area contributed by atoms with Gasteiger partial charge in [-0.05, 0) is 42.5 Å². The minimum atomic E-state index is -0.459. The summed E-state index contributed by atoms with van der Waals surface area (Å²) in [4.78, 5) is 12.0. The van der Waals surface area contributed by atoms with Gasteiger partial charge in [0.15, 0.2) is 0 Å². The van der Waals surface area contributed by atoms with E-state index in [1.807, 2.05) is 12.1 Å². The van der Waals surface area contributed by atoms with Crippen LogP contribution in [0.15, 0.2) is 69.3 Å². The van der Waals surface area contributed by atoms with Crippen molar-refractivity contribution in [2.24, 2.45) is 0 Å². The van der Waals surface area contributed by atoms with Crippen molar-refractivity contribution in [2.45, 2.75) is 0 Å². The number of allylic oxidation sites excluding steroid dienone is 2. The minimum absolute atomic E-state index is 0.0118. The van der Waals surface area contributed by atoms with E-state index in [0.29, 0.717) is 11.4 Å². The Morgan fingerprint density at radius 3 is 2.86 bits per heavy atom. The molecule has 0 bridgehead atoms. The summed E-state index contributed by atoms with van der Waals surface area (Å²) >= 11 is 3.32. The normalized spacial score (nSPS) is 11.3. The summed E-state index contributed by atoms with van der Waals surface area (Å²) < 4.78 is 5.96. The Bertz CT molecular complexity index is 725. The lowest BCUT2D eigenvalue weighted by Gasteiger charge is -2.03. The highest BCUT2D eigenvalue weighted by molar-refractivity contribution is 9.10. The van der Waals surface area contributed by atoms with E-state index in [2.05, 4.69) is 21.2 Å². The van der Waals surface area contributed by atoms with Crippen LogP contribution in [0.2, 0.25) is 0 Å². The van der Waals surface area contributed by atoms with Gasteiger partial charge in [0.25, 0.3) is 5.91 Å². The van der Waals surface area contributed by atoms with Crippen molar-refractivity contribution >= 4 is 33.6 Å². The van der Waals surface area contributed by atoms with Crippen molar-refractivity contribution < 1.29 is 9.21 Å². The molecule has 104 valence electrons. The Morgan fingerprint density at radius 2 is 2.19 bits per heavy atom. The van der Waals surface area contributed by atoms with Gasteiger partial charge in [-0.2, -0.15) is 5.26 Å². The highest BCUT2D eigenvalue weighted by Crippen LogP contribution is 2.16. The van der Waals surface area contributed by atoms with Crippen molar-refractivity contribution in [3.63, 3.8) is 0 Å². The molecule has 1 N–H and O–H groups in total. The quantitative estimate of drug-likeness (QED) is 0.515. The van der Waals surface area contributed by atoms with E-state index in [0.717, 1.165) is 4.47 Å². The molecule has 0 radical (unpaired) electrons. The fraction of sp³-hybridized carbons (Fsp3) is 0. The summed E-state index contributed by atoms with van der Waals surface area (Å²) in [6.45, 7) is 0. The first-order chi connectivity index (χ1) is 10.2.